The van der Waals surface area contributed by atoms with Gasteiger partial charge in [-0.15, -0.1) is 0 Å². The lowest BCUT2D eigenvalue weighted by Gasteiger charge is -2.18. The number of ether oxygens (including phenoxy) is 2. The van der Waals surface area contributed by atoms with Gasteiger partial charge in [-0.2, -0.15) is 0 Å². The molecule has 2 N–H and O–H groups in total. The molecule has 5 nitrogen and oxygen atoms in total. The summed E-state index contributed by atoms with van der Waals surface area (Å²) in [5, 5.41) is 6.35. The minimum Gasteiger partial charge on any atom is -0.379 e. The molecule has 0 aromatic rings. The number of nitrogens with one attached hydrogen (secondary N) is 2. The summed E-state index contributed by atoms with van der Waals surface area (Å²) in [5.74, 6) is 0.0270. The van der Waals surface area contributed by atoms with Crippen LogP contribution in [-0.4, -0.2) is 51.0 Å². The van der Waals surface area contributed by atoms with E-state index in [1.165, 1.54) is 25.7 Å². The highest BCUT2D eigenvalue weighted by Crippen LogP contribution is 2.20. The maximum atomic E-state index is 12.1. The lowest BCUT2D eigenvalue weighted by Crippen LogP contribution is -2.45. The van der Waals surface area contributed by atoms with Gasteiger partial charge in [-0.3, -0.25) is 4.79 Å². The maximum absolute atomic E-state index is 12.1. The summed E-state index contributed by atoms with van der Waals surface area (Å²) in [6.45, 7) is 5.44. The van der Waals surface area contributed by atoms with Crippen molar-refractivity contribution in [2.75, 3.05) is 32.9 Å². The van der Waals surface area contributed by atoms with E-state index < -0.39 is 0 Å². The highest BCUT2D eigenvalue weighted by atomic mass is 16.5. The van der Waals surface area contributed by atoms with Crippen molar-refractivity contribution >= 4 is 5.91 Å². The molecule has 2 rings (SSSR count). The molecule has 1 saturated heterocycles. The molecule has 2 unspecified atom stereocenters. The topological polar surface area (TPSA) is 59.6 Å². The first-order valence-corrected chi connectivity index (χ1v) is 8.01. The fraction of sp³-hybridized carbons (Fsp3) is 0.933. The third-order valence-electron chi connectivity index (χ3n) is 4.13. The molecule has 0 spiro atoms. The molecule has 2 atom stereocenters. The van der Waals surface area contributed by atoms with Crippen LogP contribution in [0.1, 0.15) is 39.0 Å². The highest BCUT2D eigenvalue weighted by Gasteiger charge is 2.33. The molecule has 0 aromatic heterocycles. The van der Waals surface area contributed by atoms with Crippen molar-refractivity contribution in [2.24, 2.45) is 5.92 Å². The van der Waals surface area contributed by atoms with Gasteiger partial charge in [0.1, 0.15) is 0 Å². The monoisotopic (exact) mass is 284 g/mol. The molecule has 116 valence electrons. The average Bonchev–Trinajstić information content (AvgIpc) is 3.12. The predicted molar refractivity (Wildman–Crippen MR) is 77.6 cm³/mol. The van der Waals surface area contributed by atoms with E-state index in [4.69, 9.17) is 9.47 Å². The maximum Gasteiger partial charge on any atom is 0.227 e. The molecule has 2 fully saturated rings. The number of amides is 1. The number of rotatable bonds is 8. The van der Waals surface area contributed by atoms with Crippen molar-refractivity contribution in [2.45, 2.75) is 51.2 Å². The SMILES string of the molecule is CCCNC1COCC1C(=O)NCCOC1CCCC1. The Kier molecular flexibility index (Phi) is 6.76. The van der Waals surface area contributed by atoms with Crippen LogP contribution < -0.4 is 10.6 Å². The summed E-state index contributed by atoms with van der Waals surface area (Å²) >= 11 is 0. The number of carbonyl (C=O) groups excluding carboxylic acids is 1. The van der Waals surface area contributed by atoms with Crippen LogP contribution in [0.2, 0.25) is 0 Å². The van der Waals surface area contributed by atoms with E-state index in [1.54, 1.807) is 0 Å². The van der Waals surface area contributed by atoms with Crippen molar-refractivity contribution in [3.63, 3.8) is 0 Å². The van der Waals surface area contributed by atoms with Crippen LogP contribution in [0, 0.1) is 5.92 Å². The second-order valence-corrected chi connectivity index (χ2v) is 5.77. The van der Waals surface area contributed by atoms with Gasteiger partial charge in [-0.1, -0.05) is 19.8 Å². The summed E-state index contributed by atoms with van der Waals surface area (Å²) in [6.07, 6.45) is 6.39. The highest BCUT2D eigenvalue weighted by molar-refractivity contribution is 5.79. The molecule has 0 bridgehead atoms. The Labute approximate surface area is 121 Å². The van der Waals surface area contributed by atoms with E-state index in [0.717, 1.165) is 13.0 Å². The van der Waals surface area contributed by atoms with Gasteiger partial charge < -0.3 is 20.1 Å². The van der Waals surface area contributed by atoms with E-state index >= 15 is 0 Å². The van der Waals surface area contributed by atoms with Crippen LogP contribution in [0.5, 0.6) is 0 Å². The molecule has 0 radical (unpaired) electrons. The summed E-state index contributed by atoms with van der Waals surface area (Å²) in [4.78, 5) is 12.1. The Bertz CT molecular complexity index is 293. The first-order chi connectivity index (χ1) is 9.81. The van der Waals surface area contributed by atoms with Crippen molar-refractivity contribution in [3.05, 3.63) is 0 Å². The largest absolute Gasteiger partial charge is 0.379 e. The second kappa shape index (κ2) is 8.60. The molecule has 1 amide bonds. The van der Waals surface area contributed by atoms with Crippen LogP contribution in [-0.2, 0) is 14.3 Å². The Morgan fingerprint density at radius 3 is 2.80 bits per heavy atom. The molecule has 1 aliphatic carbocycles. The zero-order valence-electron chi connectivity index (χ0n) is 12.5. The normalized spacial score (nSPS) is 27.1. The Hall–Kier alpha value is -0.650. The minimum atomic E-state index is -0.0620. The fourth-order valence-corrected chi connectivity index (χ4v) is 2.93. The van der Waals surface area contributed by atoms with Crippen LogP contribution in [0.4, 0.5) is 0 Å². The summed E-state index contributed by atoms with van der Waals surface area (Å²) < 4.78 is 11.2. The van der Waals surface area contributed by atoms with Gasteiger partial charge in [0.15, 0.2) is 0 Å². The molecule has 1 aliphatic heterocycles. The molecule has 1 heterocycles. The molecule has 1 saturated carbocycles. The zero-order chi connectivity index (χ0) is 14.2. The summed E-state index contributed by atoms with van der Waals surface area (Å²) in [6, 6.07) is 0.158. The van der Waals surface area contributed by atoms with Gasteiger partial charge in [-0.05, 0) is 25.8 Å². The first kappa shape index (κ1) is 15.7. The summed E-state index contributed by atoms with van der Waals surface area (Å²) in [5.41, 5.74) is 0. The van der Waals surface area contributed by atoms with Crippen LogP contribution >= 0.6 is 0 Å². The van der Waals surface area contributed by atoms with Crippen molar-refractivity contribution in [1.29, 1.82) is 0 Å². The molecular weight excluding hydrogens is 256 g/mol. The third kappa shape index (κ3) is 4.72. The van der Waals surface area contributed by atoms with Gasteiger partial charge in [0.05, 0.1) is 31.8 Å². The lowest BCUT2D eigenvalue weighted by molar-refractivity contribution is -0.125. The minimum absolute atomic E-state index is 0.0620. The zero-order valence-corrected chi connectivity index (χ0v) is 12.5. The van der Waals surface area contributed by atoms with Crippen molar-refractivity contribution in [1.82, 2.24) is 10.6 Å². The van der Waals surface area contributed by atoms with Gasteiger partial charge in [0, 0.05) is 12.6 Å². The fourth-order valence-electron chi connectivity index (χ4n) is 2.93. The van der Waals surface area contributed by atoms with Gasteiger partial charge in [0.2, 0.25) is 5.91 Å². The lowest BCUT2D eigenvalue weighted by atomic mass is 10.0. The molecule has 2 aliphatic rings. The van der Waals surface area contributed by atoms with Gasteiger partial charge in [0.25, 0.3) is 0 Å². The predicted octanol–water partition coefficient (Wildman–Crippen LogP) is 1.08. The van der Waals surface area contributed by atoms with E-state index in [2.05, 4.69) is 17.6 Å². The van der Waals surface area contributed by atoms with Crippen LogP contribution in [0.3, 0.4) is 0 Å². The Balaban J connectivity index is 1.60. The van der Waals surface area contributed by atoms with Gasteiger partial charge in [-0.25, -0.2) is 0 Å². The number of carbonyl (C=O) groups is 1. The van der Waals surface area contributed by atoms with E-state index in [9.17, 15) is 4.79 Å². The van der Waals surface area contributed by atoms with E-state index in [1.807, 2.05) is 0 Å². The molecule has 5 heteroatoms. The average molecular weight is 284 g/mol. The number of hydrogen-bond acceptors (Lipinski definition) is 4. The number of hydrogen-bond donors (Lipinski definition) is 2. The van der Waals surface area contributed by atoms with E-state index in [0.29, 0.717) is 32.5 Å². The Morgan fingerprint density at radius 2 is 2.05 bits per heavy atom. The first-order valence-electron chi connectivity index (χ1n) is 8.01. The van der Waals surface area contributed by atoms with Crippen molar-refractivity contribution < 1.29 is 14.3 Å². The van der Waals surface area contributed by atoms with E-state index in [-0.39, 0.29) is 17.9 Å². The Morgan fingerprint density at radius 1 is 1.25 bits per heavy atom. The second-order valence-electron chi connectivity index (χ2n) is 5.77. The van der Waals surface area contributed by atoms with Gasteiger partial charge >= 0.3 is 0 Å². The smallest absolute Gasteiger partial charge is 0.227 e. The summed E-state index contributed by atoms with van der Waals surface area (Å²) in [7, 11) is 0. The van der Waals surface area contributed by atoms with Crippen molar-refractivity contribution in [3.8, 4) is 0 Å². The third-order valence-corrected chi connectivity index (χ3v) is 4.13. The standard InChI is InChI=1S/C15H28N2O3/c1-2-7-16-14-11-19-10-13(14)15(18)17-8-9-20-12-5-3-4-6-12/h12-14,16H,2-11H2,1H3,(H,17,18). The quantitative estimate of drug-likeness (QED) is 0.655. The molecule has 20 heavy (non-hydrogen) atoms. The van der Waals surface area contributed by atoms with Crippen LogP contribution in [0.25, 0.3) is 0 Å². The molecule has 0 aromatic carbocycles. The van der Waals surface area contributed by atoms with Crippen LogP contribution in [0.15, 0.2) is 0 Å². The molecular formula is C15H28N2O3.